The molecule has 0 radical (unpaired) electrons. The molecular weight excluding hydrogens is 236 g/mol. The van der Waals surface area contributed by atoms with Crippen molar-refractivity contribution in [2.24, 2.45) is 0 Å². The molecule has 5 nitrogen and oxygen atoms in total. The summed E-state index contributed by atoms with van der Waals surface area (Å²) in [6.07, 6.45) is 0.217. The lowest BCUT2D eigenvalue weighted by Gasteiger charge is -2.08. The zero-order valence-electron chi connectivity index (χ0n) is 9.80. The van der Waals surface area contributed by atoms with Gasteiger partial charge in [-0.15, -0.1) is 0 Å². The van der Waals surface area contributed by atoms with Gasteiger partial charge in [0, 0.05) is 12.5 Å². The van der Waals surface area contributed by atoms with Gasteiger partial charge in [-0.1, -0.05) is 6.07 Å². The number of methoxy groups -OCH3 is 1. The van der Waals surface area contributed by atoms with Crippen molar-refractivity contribution in [1.29, 1.82) is 0 Å². The van der Waals surface area contributed by atoms with Gasteiger partial charge in [-0.05, 0) is 24.1 Å². The molecule has 0 spiro atoms. The van der Waals surface area contributed by atoms with Gasteiger partial charge in [-0.2, -0.15) is 0 Å². The van der Waals surface area contributed by atoms with E-state index in [1.807, 2.05) is 0 Å². The molecule has 0 aliphatic heterocycles. The second-order valence-electron chi connectivity index (χ2n) is 3.82. The Balaban J connectivity index is 2.61. The highest BCUT2D eigenvalue weighted by molar-refractivity contribution is 5.87. The number of aryl methyl sites for hydroxylation is 1. The number of aliphatic carboxylic acids is 1. The summed E-state index contributed by atoms with van der Waals surface area (Å²) in [5.74, 6) is -0.345. The fourth-order valence-corrected chi connectivity index (χ4v) is 1.87. The molecule has 0 aliphatic carbocycles. The molecule has 1 heterocycles. The van der Waals surface area contributed by atoms with Crippen molar-refractivity contribution in [3.63, 3.8) is 0 Å². The summed E-state index contributed by atoms with van der Waals surface area (Å²) in [4.78, 5) is 22.0. The maximum Gasteiger partial charge on any atom is 0.336 e. The molecule has 1 aromatic heterocycles. The first kappa shape index (κ1) is 12.2. The summed E-state index contributed by atoms with van der Waals surface area (Å²) >= 11 is 0. The average Bonchev–Trinajstić information content (AvgIpc) is 2.34. The van der Waals surface area contributed by atoms with Crippen molar-refractivity contribution in [2.75, 3.05) is 7.11 Å². The largest absolute Gasteiger partial charge is 0.496 e. The maximum atomic E-state index is 11.4. The minimum atomic E-state index is -0.911. The monoisotopic (exact) mass is 248 g/mol. The van der Waals surface area contributed by atoms with E-state index in [1.165, 1.54) is 13.2 Å². The highest BCUT2D eigenvalue weighted by Gasteiger charge is 2.11. The van der Waals surface area contributed by atoms with E-state index in [2.05, 4.69) is 0 Å². The number of ether oxygens (including phenoxy) is 1. The molecule has 1 N–H and O–H groups in total. The molecule has 5 heteroatoms. The van der Waals surface area contributed by atoms with Gasteiger partial charge < -0.3 is 14.3 Å². The molecule has 0 aliphatic rings. The van der Waals surface area contributed by atoms with Crippen molar-refractivity contribution >= 4 is 16.9 Å². The third-order valence-electron chi connectivity index (χ3n) is 2.64. The van der Waals surface area contributed by atoms with Crippen molar-refractivity contribution in [1.82, 2.24) is 0 Å². The molecule has 2 rings (SSSR count). The van der Waals surface area contributed by atoms with Gasteiger partial charge in [0.25, 0.3) is 0 Å². The van der Waals surface area contributed by atoms with Crippen molar-refractivity contribution < 1.29 is 19.1 Å². The Morgan fingerprint density at radius 2 is 2.22 bits per heavy atom. The molecule has 0 amide bonds. The number of hydrogen-bond acceptors (Lipinski definition) is 4. The molecule has 0 unspecified atom stereocenters. The number of hydrogen-bond donors (Lipinski definition) is 1. The van der Waals surface area contributed by atoms with Gasteiger partial charge >= 0.3 is 11.6 Å². The Labute approximate surface area is 103 Å². The average molecular weight is 248 g/mol. The zero-order valence-corrected chi connectivity index (χ0v) is 9.80. The van der Waals surface area contributed by atoms with Crippen LogP contribution in [0, 0.1) is 0 Å². The van der Waals surface area contributed by atoms with Crippen molar-refractivity contribution in [3.05, 3.63) is 40.2 Å². The lowest BCUT2D eigenvalue weighted by Crippen LogP contribution is -2.04. The molecule has 18 heavy (non-hydrogen) atoms. The second-order valence-corrected chi connectivity index (χ2v) is 3.82. The lowest BCUT2D eigenvalue weighted by atomic mass is 10.0. The summed E-state index contributed by atoms with van der Waals surface area (Å²) < 4.78 is 10.3. The number of carbonyl (C=O) groups is 1. The van der Waals surface area contributed by atoms with E-state index in [9.17, 15) is 9.59 Å². The van der Waals surface area contributed by atoms with Crippen LogP contribution in [0.5, 0.6) is 5.75 Å². The summed E-state index contributed by atoms with van der Waals surface area (Å²) in [7, 11) is 1.51. The van der Waals surface area contributed by atoms with Crippen molar-refractivity contribution in [2.45, 2.75) is 12.8 Å². The summed E-state index contributed by atoms with van der Waals surface area (Å²) in [5, 5.41) is 9.36. The van der Waals surface area contributed by atoms with Crippen LogP contribution in [-0.4, -0.2) is 18.2 Å². The van der Waals surface area contributed by atoms with Gasteiger partial charge in [0.15, 0.2) is 0 Å². The van der Waals surface area contributed by atoms with Crippen molar-refractivity contribution in [3.8, 4) is 5.75 Å². The lowest BCUT2D eigenvalue weighted by molar-refractivity contribution is -0.136. The van der Waals surface area contributed by atoms with Crippen LogP contribution >= 0.6 is 0 Å². The number of carboxylic acid groups (broad SMARTS) is 1. The second kappa shape index (κ2) is 4.91. The number of fused-ring (bicyclic) bond motifs is 1. The summed E-state index contributed by atoms with van der Waals surface area (Å²) in [6, 6.07) is 6.43. The Hall–Kier alpha value is -2.30. The van der Waals surface area contributed by atoms with Crippen LogP contribution in [0.25, 0.3) is 11.0 Å². The van der Waals surface area contributed by atoms with Gasteiger partial charge in [0.2, 0.25) is 0 Å². The SMILES string of the molecule is COc1cccc2oc(=O)cc(CCC(=O)O)c12. The smallest absolute Gasteiger partial charge is 0.336 e. The molecule has 0 saturated carbocycles. The Morgan fingerprint density at radius 1 is 1.44 bits per heavy atom. The van der Waals surface area contributed by atoms with Gasteiger partial charge in [-0.3, -0.25) is 4.79 Å². The van der Waals surface area contributed by atoms with E-state index < -0.39 is 11.6 Å². The zero-order chi connectivity index (χ0) is 13.1. The highest BCUT2D eigenvalue weighted by Crippen LogP contribution is 2.28. The minimum Gasteiger partial charge on any atom is -0.496 e. The Morgan fingerprint density at radius 3 is 2.89 bits per heavy atom. The fraction of sp³-hybridized carbons (Fsp3) is 0.231. The fourth-order valence-electron chi connectivity index (χ4n) is 1.87. The quantitative estimate of drug-likeness (QED) is 0.835. The van der Waals surface area contributed by atoms with E-state index in [0.717, 1.165) is 0 Å². The standard InChI is InChI=1S/C13H12O5/c1-17-9-3-2-4-10-13(9)8(5-6-11(14)15)7-12(16)18-10/h2-4,7H,5-6H2,1H3,(H,14,15). The van der Waals surface area contributed by atoms with Gasteiger partial charge in [-0.25, -0.2) is 4.79 Å². The molecule has 0 atom stereocenters. The summed E-state index contributed by atoms with van der Waals surface area (Å²) in [5.41, 5.74) is 0.541. The molecule has 1 aromatic carbocycles. The maximum absolute atomic E-state index is 11.4. The van der Waals surface area contributed by atoms with E-state index in [4.69, 9.17) is 14.3 Å². The molecule has 2 aromatic rings. The van der Waals surface area contributed by atoms with E-state index in [0.29, 0.717) is 22.3 Å². The van der Waals surface area contributed by atoms with Crippen LogP contribution in [0.1, 0.15) is 12.0 Å². The third kappa shape index (κ3) is 2.34. The van der Waals surface area contributed by atoms with Crippen LogP contribution in [0.2, 0.25) is 0 Å². The first-order valence-corrected chi connectivity index (χ1v) is 5.43. The number of carboxylic acids is 1. The first-order valence-electron chi connectivity index (χ1n) is 5.43. The van der Waals surface area contributed by atoms with E-state index in [1.54, 1.807) is 18.2 Å². The predicted octanol–water partition coefficient (Wildman–Crippen LogP) is 1.82. The minimum absolute atomic E-state index is 0.0450. The molecular formula is C13H12O5. The van der Waals surface area contributed by atoms with Crippen LogP contribution < -0.4 is 10.4 Å². The molecule has 0 bridgehead atoms. The van der Waals surface area contributed by atoms with Gasteiger partial charge in [0.05, 0.1) is 12.5 Å². The van der Waals surface area contributed by atoms with E-state index in [-0.39, 0.29) is 12.8 Å². The number of benzene rings is 1. The first-order chi connectivity index (χ1) is 8.61. The van der Waals surface area contributed by atoms with Crippen LogP contribution in [0.3, 0.4) is 0 Å². The van der Waals surface area contributed by atoms with Gasteiger partial charge in [0.1, 0.15) is 11.3 Å². The van der Waals surface area contributed by atoms with Crippen LogP contribution in [-0.2, 0) is 11.2 Å². The predicted molar refractivity (Wildman–Crippen MR) is 65.0 cm³/mol. The molecule has 0 fully saturated rings. The normalized spacial score (nSPS) is 10.5. The Bertz CT molecular complexity index is 641. The third-order valence-corrected chi connectivity index (χ3v) is 2.64. The van der Waals surface area contributed by atoms with E-state index >= 15 is 0 Å². The molecule has 94 valence electrons. The molecule has 0 saturated heterocycles. The van der Waals surface area contributed by atoms with Crippen LogP contribution in [0.15, 0.2) is 33.5 Å². The summed E-state index contributed by atoms with van der Waals surface area (Å²) in [6.45, 7) is 0. The Kier molecular flexibility index (Phi) is 3.32. The number of rotatable bonds is 4. The van der Waals surface area contributed by atoms with Crippen LogP contribution in [0.4, 0.5) is 0 Å². The topological polar surface area (TPSA) is 76.7 Å². The highest BCUT2D eigenvalue weighted by atomic mass is 16.5.